The molecule has 0 bridgehead atoms. The lowest BCUT2D eigenvalue weighted by Gasteiger charge is -2.12. The van der Waals surface area contributed by atoms with E-state index in [9.17, 15) is 5.11 Å². The molecule has 1 unspecified atom stereocenters. The van der Waals surface area contributed by atoms with Crippen LogP contribution in [0.5, 0.6) is 0 Å². The van der Waals surface area contributed by atoms with Gasteiger partial charge in [-0.3, -0.25) is 4.68 Å². The Hall–Kier alpha value is -1.32. The van der Waals surface area contributed by atoms with Crippen LogP contribution in [0, 0.1) is 6.92 Å². The Morgan fingerprint density at radius 2 is 2.10 bits per heavy atom. The number of benzene rings is 1. The lowest BCUT2D eigenvalue weighted by Crippen LogP contribution is -2.07. The largest absolute Gasteiger partial charge is 0.388 e. The van der Waals surface area contributed by atoms with Crippen LogP contribution in [-0.4, -0.2) is 14.9 Å². The predicted molar refractivity (Wildman–Crippen MR) is 84.6 cm³/mol. The van der Waals surface area contributed by atoms with Gasteiger partial charge in [0.25, 0.3) is 0 Å². The van der Waals surface area contributed by atoms with Crippen molar-refractivity contribution in [3.05, 3.63) is 52.3 Å². The van der Waals surface area contributed by atoms with Gasteiger partial charge in [-0.1, -0.05) is 36.6 Å². The normalized spacial score (nSPS) is 17.3. The van der Waals surface area contributed by atoms with Gasteiger partial charge in [0.2, 0.25) is 0 Å². The molecule has 112 valence electrons. The molecule has 1 heterocycles. The number of aliphatic hydroxyl groups is 1. The van der Waals surface area contributed by atoms with Crippen molar-refractivity contribution in [3.8, 4) is 0 Å². The SMILES string of the molecule is Cc1cc(C(O)Cc2ccn(C3CCCC3)n2)ccc1Cl. The van der Waals surface area contributed by atoms with E-state index < -0.39 is 6.10 Å². The standard InChI is InChI=1S/C17H21ClN2O/c1-12-10-13(6-7-16(12)18)17(21)11-14-8-9-20(19-14)15-4-2-3-5-15/h6-10,15,17,21H,2-5,11H2,1H3. The van der Waals surface area contributed by atoms with Crippen LogP contribution in [0.2, 0.25) is 5.02 Å². The highest BCUT2D eigenvalue weighted by molar-refractivity contribution is 6.31. The van der Waals surface area contributed by atoms with Gasteiger partial charge in [0.15, 0.2) is 0 Å². The minimum Gasteiger partial charge on any atom is -0.388 e. The van der Waals surface area contributed by atoms with Crippen molar-refractivity contribution in [1.82, 2.24) is 9.78 Å². The quantitative estimate of drug-likeness (QED) is 0.917. The molecule has 21 heavy (non-hydrogen) atoms. The third-order valence-electron chi connectivity index (χ3n) is 4.33. The lowest BCUT2D eigenvalue weighted by molar-refractivity contribution is 0.176. The van der Waals surface area contributed by atoms with Crippen molar-refractivity contribution in [1.29, 1.82) is 0 Å². The maximum absolute atomic E-state index is 10.4. The number of aryl methyl sites for hydroxylation is 1. The molecule has 0 amide bonds. The van der Waals surface area contributed by atoms with Gasteiger partial charge in [-0.25, -0.2) is 0 Å². The Morgan fingerprint density at radius 1 is 1.33 bits per heavy atom. The summed E-state index contributed by atoms with van der Waals surface area (Å²) in [6, 6.07) is 8.24. The minimum atomic E-state index is -0.534. The van der Waals surface area contributed by atoms with Crippen molar-refractivity contribution in [2.75, 3.05) is 0 Å². The van der Waals surface area contributed by atoms with Gasteiger partial charge in [-0.15, -0.1) is 0 Å². The number of nitrogens with zero attached hydrogens (tertiary/aromatic N) is 2. The van der Waals surface area contributed by atoms with Crippen LogP contribution in [0.15, 0.2) is 30.5 Å². The summed E-state index contributed by atoms with van der Waals surface area (Å²) in [5.74, 6) is 0. The first-order valence-electron chi connectivity index (χ1n) is 7.61. The average Bonchev–Trinajstić information content (AvgIpc) is 3.12. The predicted octanol–water partition coefficient (Wildman–Crippen LogP) is 4.24. The molecule has 1 atom stereocenters. The van der Waals surface area contributed by atoms with Gasteiger partial charge in [0, 0.05) is 17.6 Å². The van der Waals surface area contributed by atoms with Crippen LogP contribution in [0.3, 0.4) is 0 Å². The third kappa shape index (κ3) is 3.30. The summed E-state index contributed by atoms with van der Waals surface area (Å²) in [6.07, 6.45) is 7.10. The zero-order valence-corrected chi connectivity index (χ0v) is 13.1. The molecule has 1 N–H and O–H groups in total. The van der Waals surface area contributed by atoms with E-state index in [-0.39, 0.29) is 0 Å². The third-order valence-corrected chi connectivity index (χ3v) is 4.76. The molecule has 4 heteroatoms. The molecular weight excluding hydrogens is 284 g/mol. The van der Waals surface area contributed by atoms with E-state index >= 15 is 0 Å². The number of aromatic nitrogens is 2. The Labute approximate surface area is 130 Å². The Balaban J connectivity index is 1.69. The number of hydrogen-bond acceptors (Lipinski definition) is 2. The van der Waals surface area contributed by atoms with Gasteiger partial charge in [-0.05, 0) is 43.0 Å². The molecule has 0 radical (unpaired) electrons. The van der Waals surface area contributed by atoms with Crippen LogP contribution in [0.25, 0.3) is 0 Å². The molecule has 1 saturated carbocycles. The highest BCUT2D eigenvalue weighted by atomic mass is 35.5. The first-order chi connectivity index (χ1) is 10.1. The van der Waals surface area contributed by atoms with Gasteiger partial charge in [-0.2, -0.15) is 5.10 Å². The fraction of sp³-hybridized carbons (Fsp3) is 0.471. The number of aliphatic hydroxyl groups excluding tert-OH is 1. The fourth-order valence-corrected chi connectivity index (χ4v) is 3.17. The zero-order chi connectivity index (χ0) is 14.8. The molecule has 0 spiro atoms. The molecule has 1 aliphatic carbocycles. The van der Waals surface area contributed by atoms with Crippen molar-refractivity contribution in [3.63, 3.8) is 0 Å². The maximum atomic E-state index is 10.4. The van der Waals surface area contributed by atoms with E-state index in [1.54, 1.807) is 0 Å². The monoisotopic (exact) mass is 304 g/mol. The highest BCUT2D eigenvalue weighted by Gasteiger charge is 2.18. The molecule has 0 saturated heterocycles. The van der Waals surface area contributed by atoms with Crippen LogP contribution in [0.1, 0.15) is 54.6 Å². The topological polar surface area (TPSA) is 38.0 Å². The van der Waals surface area contributed by atoms with E-state index in [2.05, 4.69) is 9.78 Å². The molecule has 3 rings (SSSR count). The lowest BCUT2D eigenvalue weighted by atomic mass is 10.0. The summed E-state index contributed by atoms with van der Waals surface area (Å²) in [6.45, 7) is 1.95. The van der Waals surface area contributed by atoms with Gasteiger partial charge < -0.3 is 5.11 Å². The molecule has 1 fully saturated rings. The number of hydrogen-bond donors (Lipinski definition) is 1. The molecule has 1 aromatic heterocycles. The number of rotatable bonds is 4. The molecule has 1 aliphatic rings. The molecule has 1 aromatic carbocycles. The van der Waals surface area contributed by atoms with Crippen molar-refractivity contribution in [2.24, 2.45) is 0 Å². The van der Waals surface area contributed by atoms with E-state index in [1.165, 1.54) is 25.7 Å². The van der Waals surface area contributed by atoms with Gasteiger partial charge in [0.1, 0.15) is 0 Å². The summed E-state index contributed by atoms with van der Waals surface area (Å²) in [5, 5.41) is 15.7. The first kappa shape index (κ1) is 14.6. The fourth-order valence-electron chi connectivity index (χ4n) is 3.05. The second-order valence-corrected chi connectivity index (χ2v) is 6.36. The molecular formula is C17H21ClN2O. The summed E-state index contributed by atoms with van der Waals surface area (Å²) < 4.78 is 2.07. The Kier molecular flexibility index (Phi) is 4.32. The summed E-state index contributed by atoms with van der Waals surface area (Å²) in [4.78, 5) is 0. The highest BCUT2D eigenvalue weighted by Crippen LogP contribution is 2.29. The van der Waals surface area contributed by atoms with Crippen LogP contribution in [-0.2, 0) is 6.42 Å². The van der Waals surface area contributed by atoms with Crippen LogP contribution >= 0.6 is 11.6 Å². The van der Waals surface area contributed by atoms with E-state index in [0.29, 0.717) is 12.5 Å². The van der Waals surface area contributed by atoms with E-state index in [0.717, 1.165) is 21.8 Å². The van der Waals surface area contributed by atoms with Crippen molar-refractivity contribution in [2.45, 2.75) is 51.2 Å². The Bertz CT molecular complexity index is 617. The van der Waals surface area contributed by atoms with Gasteiger partial charge in [0.05, 0.1) is 17.8 Å². The van der Waals surface area contributed by atoms with Crippen LogP contribution in [0.4, 0.5) is 0 Å². The summed E-state index contributed by atoms with van der Waals surface area (Å²) in [7, 11) is 0. The smallest absolute Gasteiger partial charge is 0.0846 e. The van der Waals surface area contributed by atoms with E-state index in [1.807, 2.05) is 37.4 Å². The van der Waals surface area contributed by atoms with Crippen LogP contribution < -0.4 is 0 Å². The second-order valence-electron chi connectivity index (χ2n) is 5.95. The Morgan fingerprint density at radius 3 is 2.81 bits per heavy atom. The minimum absolute atomic E-state index is 0.534. The average molecular weight is 305 g/mol. The van der Waals surface area contributed by atoms with Crippen molar-refractivity contribution < 1.29 is 5.11 Å². The zero-order valence-electron chi connectivity index (χ0n) is 12.3. The van der Waals surface area contributed by atoms with Gasteiger partial charge >= 0.3 is 0 Å². The second kappa shape index (κ2) is 6.20. The maximum Gasteiger partial charge on any atom is 0.0846 e. The molecule has 0 aliphatic heterocycles. The summed E-state index contributed by atoms with van der Waals surface area (Å²) >= 11 is 6.02. The first-order valence-corrected chi connectivity index (χ1v) is 7.99. The van der Waals surface area contributed by atoms with E-state index in [4.69, 9.17) is 11.6 Å². The summed E-state index contributed by atoms with van der Waals surface area (Å²) in [5.41, 5.74) is 2.83. The van der Waals surface area contributed by atoms with Crippen molar-refractivity contribution >= 4 is 11.6 Å². The number of halogens is 1. The molecule has 3 nitrogen and oxygen atoms in total. The molecule has 2 aromatic rings.